The Morgan fingerprint density at radius 3 is 2.41 bits per heavy atom. The number of ether oxygens (including phenoxy) is 3. The summed E-state index contributed by atoms with van der Waals surface area (Å²) in [6, 6.07) is 10.8. The molecule has 2 aliphatic heterocycles. The molecule has 0 radical (unpaired) electrons. The Kier molecular flexibility index (Phi) is 7.57. The van der Waals surface area contributed by atoms with E-state index in [9.17, 15) is 19.0 Å². The Morgan fingerprint density at radius 2 is 1.71 bits per heavy atom. The Morgan fingerprint density at radius 1 is 0.971 bits per heavy atom. The fourth-order valence-corrected chi connectivity index (χ4v) is 4.61. The average molecular weight is 479 g/mol. The Hall–Kier alpha value is -2.46. The molecule has 0 bridgehead atoms. The van der Waals surface area contributed by atoms with Crippen molar-refractivity contribution in [2.75, 3.05) is 64.6 Å². The molecular weight excluding hydrogens is 446 g/mol. The first-order chi connectivity index (χ1) is 16.3. The molecule has 0 spiro atoms. The molecule has 0 aliphatic carbocycles. The van der Waals surface area contributed by atoms with Crippen molar-refractivity contribution in [3.63, 3.8) is 0 Å². The van der Waals surface area contributed by atoms with Gasteiger partial charge in [-0.2, -0.15) is 0 Å². The molecule has 2 aromatic carbocycles. The van der Waals surface area contributed by atoms with Crippen LogP contribution in [-0.2, 0) is 4.74 Å². The highest BCUT2D eigenvalue weighted by molar-refractivity contribution is 5.51. The van der Waals surface area contributed by atoms with Gasteiger partial charge in [0.05, 0.1) is 25.9 Å². The average Bonchev–Trinajstić information content (AvgIpc) is 2.98. The highest BCUT2D eigenvalue weighted by Gasteiger charge is 2.39. The van der Waals surface area contributed by atoms with Crippen molar-refractivity contribution in [1.82, 2.24) is 4.90 Å². The summed E-state index contributed by atoms with van der Waals surface area (Å²) in [6.07, 6.45) is 1.16. The number of rotatable bonds is 7. The lowest BCUT2D eigenvalue weighted by Gasteiger charge is -2.42. The highest BCUT2D eigenvalue weighted by Crippen LogP contribution is 2.30. The monoisotopic (exact) mass is 478 g/mol. The van der Waals surface area contributed by atoms with Crippen LogP contribution in [-0.4, -0.2) is 86.0 Å². The van der Waals surface area contributed by atoms with E-state index in [1.165, 1.54) is 0 Å². The van der Waals surface area contributed by atoms with Gasteiger partial charge in [-0.3, -0.25) is 4.90 Å². The second-order valence-corrected chi connectivity index (χ2v) is 9.29. The van der Waals surface area contributed by atoms with Crippen molar-refractivity contribution >= 4 is 5.69 Å². The number of β-amino-alcohol motifs (C(OH)–C–C–N with tert-alkyl or cyclic N) is 2. The van der Waals surface area contributed by atoms with Gasteiger partial charge in [0.2, 0.25) is 0 Å². The van der Waals surface area contributed by atoms with Gasteiger partial charge in [-0.15, -0.1) is 0 Å². The number of hydrogen-bond donors (Lipinski definition) is 2. The Bertz CT molecular complexity index is 950. The quantitative estimate of drug-likeness (QED) is 0.633. The van der Waals surface area contributed by atoms with Crippen LogP contribution in [0.4, 0.5) is 14.5 Å². The van der Waals surface area contributed by atoms with Gasteiger partial charge in [-0.25, -0.2) is 8.78 Å². The van der Waals surface area contributed by atoms with Crippen molar-refractivity contribution < 1.29 is 33.2 Å². The van der Waals surface area contributed by atoms with Crippen LogP contribution >= 0.6 is 0 Å². The van der Waals surface area contributed by atoms with Crippen molar-refractivity contribution in [2.45, 2.75) is 24.0 Å². The Labute approximate surface area is 198 Å². The zero-order chi connectivity index (χ0) is 24.2. The van der Waals surface area contributed by atoms with Crippen molar-refractivity contribution in [3.8, 4) is 11.5 Å². The first-order valence-corrected chi connectivity index (χ1v) is 11.5. The van der Waals surface area contributed by atoms with Gasteiger partial charge in [0.15, 0.2) is 0 Å². The third-order valence-corrected chi connectivity index (χ3v) is 6.41. The third kappa shape index (κ3) is 6.35. The van der Waals surface area contributed by atoms with Crippen molar-refractivity contribution in [1.29, 1.82) is 0 Å². The molecule has 2 aromatic rings. The van der Waals surface area contributed by atoms with Gasteiger partial charge in [-0.1, -0.05) is 6.07 Å². The van der Waals surface area contributed by atoms with Crippen molar-refractivity contribution in [2.24, 2.45) is 0 Å². The smallest absolute Gasteiger partial charge is 0.134 e. The van der Waals surface area contributed by atoms with Gasteiger partial charge in [0, 0.05) is 62.7 Å². The van der Waals surface area contributed by atoms with Gasteiger partial charge in [0.1, 0.15) is 35.3 Å². The summed E-state index contributed by atoms with van der Waals surface area (Å²) in [5.41, 5.74) is -1.21. The number of anilines is 1. The number of nitrogens with zero attached hydrogens (tertiary/aromatic N) is 2. The molecule has 186 valence electrons. The first-order valence-electron chi connectivity index (χ1n) is 11.5. The zero-order valence-corrected chi connectivity index (χ0v) is 19.4. The maximum absolute atomic E-state index is 13.4. The van der Waals surface area contributed by atoms with Crippen LogP contribution in [0.25, 0.3) is 0 Å². The lowest BCUT2D eigenvalue weighted by Crippen LogP contribution is -2.55. The number of hydrogen-bond acceptors (Lipinski definition) is 7. The number of methoxy groups -OCH3 is 1. The van der Waals surface area contributed by atoms with E-state index < -0.39 is 22.8 Å². The number of aliphatic hydroxyl groups is 2. The van der Waals surface area contributed by atoms with Gasteiger partial charge < -0.3 is 29.3 Å². The summed E-state index contributed by atoms with van der Waals surface area (Å²) in [7, 11) is 1.64. The second-order valence-electron chi connectivity index (χ2n) is 9.29. The molecule has 9 heteroatoms. The lowest BCUT2D eigenvalue weighted by molar-refractivity contribution is -0.0743. The molecule has 2 aliphatic rings. The largest absolute Gasteiger partial charge is 0.497 e. The Balaban J connectivity index is 1.34. The molecule has 0 unspecified atom stereocenters. The number of piperidine rings is 1. The SMILES string of the molecule is COc1cccc(N2CCC(O)(CN3CCOC[C@](O)(COc4cc(F)cc(F)c4)C3)CC2)c1. The van der Waals surface area contributed by atoms with E-state index in [0.29, 0.717) is 45.6 Å². The van der Waals surface area contributed by atoms with Gasteiger partial charge >= 0.3 is 0 Å². The molecule has 0 amide bonds. The summed E-state index contributed by atoms with van der Waals surface area (Å²) >= 11 is 0. The summed E-state index contributed by atoms with van der Waals surface area (Å²) in [5, 5.41) is 22.4. The minimum atomic E-state index is -1.38. The van der Waals surface area contributed by atoms with E-state index in [0.717, 1.165) is 29.6 Å². The van der Waals surface area contributed by atoms with Gasteiger partial charge in [-0.05, 0) is 25.0 Å². The maximum Gasteiger partial charge on any atom is 0.134 e. The van der Waals surface area contributed by atoms with Crippen LogP contribution in [0.2, 0.25) is 0 Å². The molecule has 7 nitrogen and oxygen atoms in total. The van der Waals surface area contributed by atoms with Crippen LogP contribution in [0.15, 0.2) is 42.5 Å². The van der Waals surface area contributed by atoms with E-state index in [-0.39, 0.29) is 25.5 Å². The molecule has 2 fully saturated rings. The summed E-state index contributed by atoms with van der Waals surface area (Å²) < 4.78 is 43.3. The fourth-order valence-electron chi connectivity index (χ4n) is 4.61. The summed E-state index contributed by atoms with van der Waals surface area (Å²) in [5.74, 6) is -0.692. The lowest BCUT2D eigenvalue weighted by atomic mass is 9.90. The van der Waals surface area contributed by atoms with E-state index in [1.54, 1.807) is 7.11 Å². The highest BCUT2D eigenvalue weighted by atomic mass is 19.1. The molecule has 2 heterocycles. The maximum atomic E-state index is 13.4. The zero-order valence-electron chi connectivity index (χ0n) is 19.4. The summed E-state index contributed by atoms with van der Waals surface area (Å²) in [4.78, 5) is 4.20. The molecule has 2 N–H and O–H groups in total. The molecule has 0 aromatic heterocycles. The normalized spacial score (nSPS) is 23.4. The van der Waals surface area contributed by atoms with Crippen LogP contribution in [0.5, 0.6) is 11.5 Å². The topological polar surface area (TPSA) is 74.6 Å². The van der Waals surface area contributed by atoms with Crippen molar-refractivity contribution in [3.05, 3.63) is 54.1 Å². The standard InChI is InChI=1S/C25H32F2N2O5/c1-32-22-4-2-3-21(14-22)29-7-5-24(30,6-8-29)15-28-9-10-33-17-25(31,16-28)18-34-23-12-19(26)11-20(27)13-23/h2-4,11-14,30-31H,5-10,15-18H2,1H3/t25-/m0/s1. The predicted molar refractivity (Wildman–Crippen MR) is 123 cm³/mol. The fraction of sp³-hybridized carbons (Fsp3) is 0.520. The molecule has 2 saturated heterocycles. The van der Waals surface area contributed by atoms with E-state index in [4.69, 9.17) is 14.2 Å². The molecule has 0 saturated carbocycles. The third-order valence-electron chi connectivity index (χ3n) is 6.41. The molecule has 34 heavy (non-hydrogen) atoms. The summed E-state index contributed by atoms with van der Waals surface area (Å²) in [6.45, 7) is 2.81. The van der Waals surface area contributed by atoms with Gasteiger partial charge in [0.25, 0.3) is 0 Å². The van der Waals surface area contributed by atoms with E-state index in [1.807, 2.05) is 29.2 Å². The van der Waals surface area contributed by atoms with Crippen LogP contribution in [0.1, 0.15) is 12.8 Å². The van der Waals surface area contributed by atoms with Crippen LogP contribution in [0.3, 0.4) is 0 Å². The first kappa shape index (κ1) is 24.7. The van der Waals surface area contributed by atoms with E-state index in [2.05, 4.69) is 4.90 Å². The molecular formula is C25H32F2N2O5. The van der Waals surface area contributed by atoms with Crippen LogP contribution in [0, 0.1) is 11.6 Å². The number of benzene rings is 2. The van der Waals surface area contributed by atoms with Crippen LogP contribution < -0.4 is 14.4 Å². The number of halogens is 2. The minimum Gasteiger partial charge on any atom is -0.497 e. The minimum absolute atomic E-state index is 0.00487. The molecule has 4 rings (SSSR count). The molecule has 1 atom stereocenters. The predicted octanol–water partition coefficient (Wildman–Crippen LogP) is 2.45. The second kappa shape index (κ2) is 10.4. The van der Waals surface area contributed by atoms with E-state index >= 15 is 0 Å².